The number of carbonyl (C=O) groups is 1. The third-order valence-corrected chi connectivity index (χ3v) is 8.45. The SMILES string of the molecule is O=C(Cc1ccc(S(=O)(=O)N2CCCCC2)cc1)N1CCS(=O)(=O)CC1. The van der Waals surface area contributed by atoms with Crippen LogP contribution in [0, 0.1) is 0 Å². The highest BCUT2D eigenvalue weighted by Gasteiger charge is 2.27. The van der Waals surface area contributed by atoms with Crippen LogP contribution >= 0.6 is 0 Å². The molecule has 0 radical (unpaired) electrons. The molecule has 0 aromatic heterocycles. The minimum Gasteiger partial charge on any atom is -0.340 e. The zero-order valence-corrected chi connectivity index (χ0v) is 16.3. The predicted octanol–water partition coefficient (Wildman–Crippen LogP) is 0.661. The van der Waals surface area contributed by atoms with Crippen LogP contribution in [0.3, 0.4) is 0 Å². The normalized spacial score (nSPS) is 21.5. The molecular formula is C17H24N2O5S2. The lowest BCUT2D eigenvalue weighted by Crippen LogP contribution is -2.44. The number of piperidine rings is 1. The van der Waals surface area contributed by atoms with Gasteiger partial charge < -0.3 is 4.90 Å². The summed E-state index contributed by atoms with van der Waals surface area (Å²) < 4.78 is 49.6. The van der Waals surface area contributed by atoms with Gasteiger partial charge in [0.15, 0.2) is 9.84 Å². The van der Waals surface area contributed by atoms with Crippen LogP contribution in [0.5, 0.6) is 0 Å². The molecule has 9 heteroatoms. The lowest BCUT2D eigenvalue weighted by molar-refractivity contribution is -0.130. The minimum atomic E-state index is -3.47. The van der Waals surface area contributed by atoms with Gasteiger partial charge in [-0.1, -0.05) is 18.6 Å². The quantitative estimate of drug-likeness (QED) is 0.740. The van der Waals surface area contributed by atoms with Crippen molar-refractivity contribution in [3.05, 3.63) is 29.8 Å². The minimum absolute atomic E-state index is 0.00571. The van der Waals surface area contributed by atoms with Crippen molar-refractivity contribution in [2.45, 2.75) is 30.6 Å². The van der Waals surface area contributed by atoms with E-state index in [1.165, 1.54) is 4.31 Å². The highest BCUT2D eigenvalue weighted by molar-refractivity contribution is 7.91. The Morgan fingerprint density at radius 1 is 0.923 bits per heavy atom. The van der Waals surface area contributed by atoms with E-state index in [0.29, 0.717) is 13.1 Å². The molecule has 0 atom stereocenters. The summed E-state index contributed by atoms with van der Waals surface area (Å²) in [7, 11) is -6.49. The molecule has 0 aliphatic carbocycles. The van der Waals surface area contributed by atoms with Crippen LogP contribution in [0.25, 0.3) is 0 Å². The van der Waals surface area contributed by atoms with E-state index in [2.05, 4.69) is 0 Å². The Morgan fingerprint density at radius 3 is 2.08 bits per heavy atom. The number of nitrogens with zero attached hydrogens (tertiary/aromatic N) is 2. The van der Waals surface area contributed by atoms with E-state index in [-0.39, 0.29) is 41.8 Å². The summed E-state index contributed by atoms with van der Waals surface area (Å²) in [6.45, 7) is 1.56. The second-order valence-electron chi connectivity index (χ2n) is 6.82. The Labute approximate surface area is 155 Å². The van der Waals surface area contributed by atoms with Gasteiger partial charge >= 0.3 is 0 Å². The highest BCUT2D eigenvalue weighted by Crippen LogP contribution is 2.21. The maximum atomic E-state index is 12.6. The standard InChI is InChI=1S/C17H24N2O5S2/c20-17(18-10-12-25(21,22)13-11-18)14-15-4-6-16(7-5-15)26(23,24)19-8-2-1-3-9-19/h4-7H,1-3,8-14H2. The van der Waals surface area contributed by atoms with E-state index < -0.39 is 19.9 Å². The first-order valence-electron chi connectivity index (χ1n) is 8.85. The molecule has 2 heterocycles. The van der Waals surface area contributed by atoms with Gasteiger partial charge in [0.1, 0.15) is 0 Å². The van der Waals surface area contributed by atoms with E-state index in [4.69, 9.17) is 0 Å². The topological polar surface area (TPSA) is 91.8 Å². The Kier molecular flexibility index (Phi) is 5.69. The summed E-state index contributed by atoms with van der Waals surface area (Å²) in [5, 5.41) is 0. The Hall–Kier alpha value is -1.45. The van der Waals surface area contributed by atoms with Crippen LogP contribution in [0.1, 0.15) is 24.8 Å². The van der Waals surface area contributed by atoms with Gasteiger partial charge in [0.2, 0.25) is 15.9 Å². The second kappa shape index (κ2) is 7.66. The van der Waals surface area contributed by atoms with Crippen molar-refractivity contribution in [1.82, 2.24) is 9.21 Å². The summed E-state index contributed by atoms with van der Waals surface area (Å²) >= 11 is 0. The lowest BCUT2D eigenvalue weighted by Gasteiger charge is -2.27. The van der Waals surface area contributed by atoms with Crippen molar-refractivity contribution in [1.29, 1.82) is 0 Å². The number of hydrogen-bond acceptors (Lipinski definition) is 5. The first-order chi connectivity index (χ1) is 12.3. The van der Waals surface area contributed by atoms with Crippen molar-refractivity contribution >= 4 is 25.8 Å². The summed E-state index contributed by atoms with van der Waals surface area (Å²) in [5.41, 5.74) is 0.723. The summed E-state index contributed by atoms with van der Waals surface area (Å²) in [6, 6.07) is 6.42. The molecule has 0 unspecified atom stereocenters. The molecule has 0 bridgehead atoms. The van der Waals surface area contributed by atoms with Crippen molar-refractivity contribution in [2.75, 3.05) is 37.7 Å². The van der Waals surface area contributed by atoms with Crippen LogP contribution in [0.2, 0.25) is 0 Å². The molecule has 2 fully saturated rings. The molecule has 1 aromatic rings. The summed E-state index contributed by atoms with van der Waals surface area (Å²) in [5.74, 6) is -0.121. The number of amides is 1. The zero-order valence-electron chi connectivity index (χ0n) is 14.6. The highest BCUT2D eigenvalue weighted by atomic mass is 32.2. The van der Waals surface area contributed by atoms with Crippen molar-refractivity contribution in [2.24, 2.45) is 0 Å². The molecule has 2 aliphatic rings. The van der Waals surface area contributed by atoms with Gasteiger partial charge in [0.05, 0.1) is 22.8 Å². The molecule has 3 rings (SSSR count). The van der Waals surface area contributed by atoms with Crippen LogP contribution in [-0.4, -0.2) is 69.6 Å². The van der Waals surface area contributed by atoms with Gasteiger partial charge in [-0.15, -0.1) is 0 Å². The van der Waals surface area contributed by atoms with E-state index in [1.54, 1.807) is 29.2 Å². The van der Waals surface area contributed by atoms with Crippen LogP contribution in [0.15, 0.2) is 29.2 Å². The number of hydrogen-bond donors (Lipinski definition) is 0. The molecule has 144 valence electrons. The third-order valence-electron chi connectivity index (χ3n) is 4.93. The smallest absolute Gasteiger partial charge is 0.243 e. The lowest BCUT2D eigenvalue weighted by atomic mass is 10.1. The maximum Gasteiger partial charge on any atom is 0.243 e. The summed E-state index contributed by atoms with van der Waals surface area (Å²) in [6.07, 6.45) is 2.98. The molecule has 2 saturated heterocycles. The molecule has 7 nitrogen and oxygen atoms in total. The van der Waals surface area contributed by atoms with E-state index in [1.807, 2.05) is 0 Å². The number of sulfone groups is 1. The number of benzene rings is 1. The van der Waals surface area contributed by atoms with Gasteiger partial charge in [0.25, 0.3) is 0 Å². The predicted molar refractivity (Wildman–Crippen MR) is 98.0 cm³/mol. The molecule has 0 N–H and O–H groups in total. The molecular weight excluding hydrogens is 376 g/mol. The van der Waals surface area contributed by atoms with Crippen molar-refractivity contribution in [3.63, 3.8) is 0 Å². The van der Waals surface area contributed by atoms with Gasteiger partial charge in [-0.05, 0) is 30.5 Å². The Morgan fingerprint density at radius 2 is 1.50 bits per heavy atom. The van der Waals surface area contributed by atoms with E-state index in [9.17, 15) is 21.6 Å². The fourth-order valence-corrected chi connectivity index (χ4v) is 6.00. The molecule has 0 spiro atoms. The average molecular weight is 401 g/mol. The Bertz CT molecular complexity index is 843. The molecule has 0 saturated carbocycles. The molecule has 26 heavy (non-hydrogen) atoms. The molecule has 2 aliphatic heterocycles. The van der Waals surface area contributed by atoms with E-state index >= 15 is 0 Å². The van der Waals surface area contributed by atoms with Crippen molar-refractivity contribution < 1.29 is 21.6 Å². The zero-order chi connectivity index (χ0) is 18.8. The van der Waals surface area contributed by atoms with Crippen LogP contribution < -0.4 is 0 Å². The first kappa shape index (κ1) is 19.3. The van der Waals surface area contributed by atoms with E-state index in [0.717, 1.165) is 24.8 Å². The third kappa shape index (κ3) is 4.44. The number of rotatable bonds is 4. The monoisotopic (exact) mass is 400 g/mol. The van der Waals surface area contributed by atoms with Crippen molar-refractivity contribution in [3.8, 4) is 0 Å². The summed E-state index contributed by atoms with van der Waals surface area (Å²) in [4.78, 5) is 14.1. The molecule has 1 aromatic carbocycles. The molecule has 1 amide bonds. The fraction of sp³-hybridized carbons (Fsp3) is 0.588. The fourth-order valence-electron chi connectivity index (χ4n) is 3.28. The first-order valence-corrected chi connectivity index (χ1v) is 12.1. The number of carbonyl (C=O) groups excluding carboxylic acids is 1. The maximum absolute atomic E-state index is 12.6. The Balaban J connectivity index is 1.63. The average Bonchev–Trinajstić information content (AvgIpc) is 2.63. The van der Waals surface area contributed by atoms with Gasteiger partial charge in [0, 0.05) is 26.2 Å². The van der Waals surface area contributed by atoms with Gasteiger partial charge in [-0.25, -0.2) is 16.8 Å². The van der Waals surface area contributed by atoms with Gasteiger partial charge in [-0.3, -0.25) is 4.79 Å². The largest absolute Gasteiger partial charge is 0.340 e. The van der Waals surface area contributed by atoms with Gasteiger partial charge in [-0.2, -0.15) is 4.31 Å². The van der Waals surface area contributed by atoms with Crippen LogP contribution in [0.4, 0.5) is 0 Å². The second-order valence-corrected chi connectivity index (χ2v) is 11.1. The number of sulfonamides is 1. The van der Waals surface area contributed by atoms with Crippen LogP contribution in [-0.2, 0) is 31.1 Å².